The van der Waals surface area contributed by atoms with Gasteiger partial charge in [0.15, 0.2) is 0 Å². The molecule has 0 aromatic carbocycles. The van der Waals surface area contributed by atoms with Crippen LogP contribution in [0.3, 0.4) is 0 Å². The third kappa shape index (κ3) is 14.2. The number of morpholine rings is 2. The Hall–Kier alpha value is -0.320. The van der Waals surface area contributed by atoms with Gasteiger partial charge in [-0.25, -0.2) is 0 Å². The maximum atomic E-state index is 10.2. The van der Waals surface area contributed by atoms with Gasteiger partial charge in [-0.05, 0) is 77.0 Å². The Kier molecular flexibility index (Phi) is 16.0. The minimum atomic E-state index is -0.396. The Morgan fingerprint density at radius 1 is 0.738 bits per heavy atom. The molecule has 12 unspecified atom stereocenters. The van der Waals surface area contributed by atoms with E-state index in [0.717, 1.165) is 63.6 Å². The first-order valence-corrected chi connectivity index (χ1v) is 17.2. The highest BCUT2D eigenvalue weighted by Gasteiger charge is 2.30. The number of aliphatic hydroxyl groups is 1. The zero-order valence-electron chi connectivity index (χ0n) is 28.3. The zero-order valence-corrected chi connectivity index (χ0v) is 28.3. The summed E-state index contributed by atoms with van der Waals surface area (Å²) in [5, 5.41) is 13.5. The number of hydrogen-bond acceptors (Lipinski definition) is 8. The number of ether oxygens (including phenoxy) is 5. The summed E-state index contributed by atoms with van der Waals surface area (Å²) in [6, 6.07) is 0. The molecule has 3 aliphatic heterocycles. The smallest absolute Gasteiger partial charge is 0.104 e. The molecular weight excluding hydrogens is 532 g/mol. The van der Waals surface area contributed by atoms with Gasteiger partial charge in [0.2, 0.25) is 0 Å². The van der Waals surface area contributed by atoms with E-state index in [1.54, 1.807) is 0 Å². The van der Waals surface area contributed by atoms with Crippen molar-refractivity contribution in [3.63, 3.8) is 0 Å². The summed E-state index contributed by atoms with van der Waals surface area (Å²) in [7, 11) is 0. The Morgan fingerprint density at radius 3 is 1.71 bits per heavy atom. The van der Waals surface area contributed by atoms with Gasteiger partial charge < -0.3 is 34.1 Å². The second-order valence-corrected chi connectivity index (χ2v) is 14.5. The summed E-state index contributed by atoms with van der Waals surface area (Å²) < 4.78 is 28.2. The fourth-order valence-corrected chi connectivity index (χ4v) is 6.82. The second kappa shape index (κ2) is 18.6. The molecule has 2 aliphatic carbocycles. The number of rotatable bonds is 8. The van der Waals surface area contributed by atoms with E-state index in [1.807, 2.05) is 0 Å². The van der Waals surface area contributed by atoms with Gasteiger partial charge in [0, 0.05) is 32.7 Å². The number of nitrogens with one attached hydrogen (secondary N) is 1. The predicted molar refractivity (Wildman–Crippen MR) is 169 cm³/mol. The lowest BCUT2D eigenvalue weighted by Crippen LogP contribution is -2.48. The lowest BCUT2D eigenvalue weighted by molar-refractivity contribution is -0.0931. The molecule has 3 heterocycles. The van der Waals surface area contributed by atoms with Crippen molar-refractivity contribution >= 4 is 0 Å². The monoisotopic (exact) mass is 598 g/mol. The van der Waals surface area contributed by atoms with Gasteiger partial charge in [0.25, 0.3) is 0 Å². The molecule has 0 radical (unpaired) electrons. The van der Waals surface area contributed by atoms with Crippen LogP contribution in [0.15, 0.2) is 0 Å². The van der Waals surface area contributed by atoms with Gasteiger partial charge >= 0.3 is 0 Å². The first-order valence-electron chi connectivity index (χ1n) is 17.2. The predicted octanol–water partition coefficient (Wildman–Crippen LogP) is 4.91. The molecular formula is C34H66N2O6. The molecule has 0 bridgehead atoms. The highest BCUT2D eigenvalue weighted by atomic mass is 16.6. The van der Waals surface area contributed by atoms with Crippen LogP contribution in [0.5, 0.6) is 0 Å². The summed E-state index contributed by atoms with van der Waals surface area (Å²) >= 11 is 0. The largest absolute Gasteiger partial charge is 0.389 e. The molecule has 0 amide bonds. The summed E-state index contributed by atoms with van der Waals surface area (Å²) in [6.45, 7) is 24.3. The Morgan fingerprint density at radius 2 is 1.24 bits per heavy atom. The summed E-state index contributed by atoms with van der Waals surface area (Å²) in [5.41, 5.74) is 0. The Labute approximate surface area is 257 Å². The van der Waals surface area contributed by atoms with E-state index in [0.29, 0.717) is 49.6 Å². The molecule has 2 saturated carbocycles. The summed E-state index contributed by atoms with van der Waals surface area (Å²) in [5.74, 6) is 2.97. The van der Waals surface area contributed by atoms with Crippen LogP contribution in [0.25, 0.3) is 0 Å². The third-order valence-electron chi connectivity index (χ3n) is 9.46. The molecule has 8 nitrogen and oxygen atoms in total. The van der Waals surface area contributed by atoms with Crippen molar-refractivity contribution in [3.8, 4) is 0 Å². The number of nitrogens with zero attached hydrogens (tertiary/aromatic N) is 1. The van der Waals surface area contributed by atoms with E-state index in [9.17, 15) is 5.11 Å². The van der Waals surface area contributed by atoms with E-state index in [2.05, 4.69) is 65.6 Å². The van der Waals surface area contributed by atoms with Crippen LogP contribution in [0, 0.1) is 23.7 Å². The number of epoxide rings is 1. The molecule has 2 N–H and O–H groups in total. The normalized spacial score (nSPS) is 41.5. The lowest BCUT2D eigenvalue weighted by atomic mass is 9.82. The fraction of sp³-hybridized carbons (Fsp3) is 1.00. The first kappa shape index (κ1) is 36.2. The molecule has 5 fully saturated rings. The molecule has 5 rings (SSSR count). The van der Waals surface area contributed by atoms with Gasteiger partial charge in [-0.2, -0.15) is 0 Å². The van der Waals surface area contributed by atoms with E-state index in [-0.39, 0.29) is 12.2 Å². The van der Waals surface area contributed by atoms with Crippen LogP contribution >= 0.6 is 0 Å². The van der Waals surface area contributed by atoms with E-state index < -0.39 is 6.10 Å². The van der Waals surface area contributed by atoms with Gasteiger partial charge in [-0.15, -0.1) is 0 Å². The zero-order chi connectivity index (χ0) is 30.6. The van der Waals surface area contributed by atoms with Gasteiger partial charge in [0.05, 0.1) is 62.5 Å². The molecule has 5 aliphatic rings. The summed E-state index contributed by atoms with van der Waals surface area (Å²) in [6.07, 6.45) is 9.80. The van der Waals surface area contributed by atoms with Gasteiger partial charge in [-0.3, -0.25) is 4.90 Å². The van der Waals surface area contributed by atoms with Gasteiger partial charge in [-0.1, -0.05) is 40.5 Å². The van der Waals surface area contributed by atoms with Crippen molar-refractivity contribution in [2.45, 2.75) is 143 Å². The fourth-order valence-electron chi connectivity index (χ4n) is 6.82. The molecule has 12 atom stereocenters. The average Bonchev–Trinajstić information content (AvgIpc) is 3.74. The average molecular weight is 599 g/mol. The minimum absolute atomic E-state index is 0.251. The van der Waals surface area contributed by atoms with Crippen molar-refractivity contribution in [2.75, 3.05) is 52.5 Å². The van der Waals surface area contributed by atoms with Crippen LogP contribution in [0.1, 0.15) is 93.9 Å². The number of hydrogen-bond donors (Lipinski definition) is 2. The topological polar surface area (TPSA) is 85.0 Å². The third-order valence-corrected chi connectivity index (χ3v) is 9.46. The van der Waals surface area contributed by atoms with E-state index in [4.69, 9.17) is 23.7 Å². The minimum Gasteiger partial charge on any atom is -0.389 e. The quantitative estimate of drug-likeness (QED) is 0.382. The van der Waals surface area contributed by atoms with Crippen LogP contribution in [-0.2, 0) is 23.7 Å². The van der Waals surface area contributed by atoms with Crippen molar-refractivity contribution in [1.82, 2.24) is 10.2 Å². The van der Waals surface area contributed by atoms with Crippen molar-refractivity contribution in [3.05, 3.63) is 0 Å². The Balaban J connectivity index is 0.000000194. The highest BCUT2D eigenvalue weighted by molar-refractivity contribution is 4.80. The van der Waals surface area contributed by atoms with Crippen LogP contribution < -0.4 is 5.32 Å². The molecule has 3 saturated heterocycles. The Bertz CT molecular complexity index is 708. The van der Waals surface area contributed by atoms with Crippen LogP contribution in [0.4, 0.5) is 0 Å². The molecule has 0 aromatic heterocycles. The van der Waals surface area contributed by atoms with Crippen molar-refractivity contribution in [2.24, 2.45) is 23.7 Å². The molecule has 8 heteroatoms. The van der Waals surface area contributed by atoms with E-state index >= 15 is 0 Å². The first-order chi connectivity index (χ1) is 20.0. The van der Waals surface area contributed by atoms with Gasteiger partial charge in [0.1, 0.15) is 6.10 Å². The maximum absolute atomic E-state index is 10.2. The lowest BCUT2D eigenvalue weighted by Gasteiger charge is -2.37. The standard InChI is InChI=1S/C17H33NO3.C11H20O2.C6H13NO/c1-12-5-6-13(2)17(7-12)20-11-16(19)10-18-8-14(3)21-15(4)9-18;1-8-3-4-9(2)11(5-8)13-7-10-6-12-10;1-5-3-7-4-6(2)8-5/h12-17,19H,5-11H2,1-4H3;8-11H,3-7H2,1-2H3;5-7H,3-4H2,1-2H3. The maximum Gasteiger partial charge on any atom is 0.104 e. The molecule has 248 valence electrons. The van der Waals surface area contributed by atoms with E-state index in [1.165, 1.54) is 32.1 Å². The molecule has 0 aromatic rings. The molecule has 0 spiro atoms. The van der Waals surface area contributed by atoms with Crippen molar-refractivity contribution < 1.29 is 28.8 Å². The summed E-state index contributed by atoms with van der Waals surface area (Å²) in [4.78, 5) is 2.29. The second-order valence-electron chi connectivity index (χ2n) is 14.5. The van der Waals surface area contributed by atoms with Crippen molar-refractivity contribution in [1.29, 1.82) is 0 Å². The highest BCUT2D eigenvalue weighted by Crippen LogP contribution is 2.31. The SMILES string of the molecule is CC1CCC(C)C(OCC(O)CN2CC(C)OC(C)C2)C1.CC1CCC(C)C(OCC2CO2)C1.CC1CNCC(C)O1. The number of aliphatic hydroxyl groups excluding tert-OH is 1. The number of β-amino-alcohol motifs (C(OH)–C–C–N with tert-alkyl or cyclic N) is 1. The molecule has 42 heavy (non-hydrogen) atoms. The van der Waals surface area contributed by atoms with Crippen LogP contribution in [-0.4, -0.2) is 111 Å². The van der Waals surface area contributed by atoms with Crippen LogP contribution in [0.2, 0.25) is 0 Å².